The zero-order chi connectivity index (χ0) is 7.66. The van der Waals surface area contributed by atoms with Gasteiger partial charge in [-0.15, -0.1) is 0 Å². The Morgan fingerprint density at radius 1 is 0.800 bits per heavy atom. The van der Waals surface area contributed by atoms with Gasteiger partial charge in [0.2, 0.25) is 0 Å². The molecule has 1 aliphatic heterocycles. The minimum atomic E-state index is 1.46. The van der Waals surface area contributed by atoms with Gasteiger partial charge in [0.15, 0.2) is 0 Å². The second kappa shape index (κ2) is 7.82. The monoisotopic (exact) mass is 140 g/mol. The van der Waals surface area contributed by atoms with Crippen LogP contribution < -0.4 is 0 Å². The number of hydrogen-bond acceptors (Lipinski definition) is 2. The van der Waals surface area contributed by atoms with E-state index in [4.69, 9.17) is 0 Å². The lowest BCUT2D eigenvalue weighted by atomic mass is 10.6. The Kier molecular flexibility index (Phi) is 6.90. The van der Waals surface area contributed by atoms with Crippen molar-refractivity contribution in [3.8, 4) is 0 Å². The van der Waals surface area contributed by atoms with Crippen molar-refractivity contribution in [3.05, 3.63) is 37.2 Å². The van der Waals surface area contributed by atoms with E-state index in [1.807, 2.05) is 26.0 Å². The first kappa shape index (κ1) is 8.82. The predicted octanol–water partition coefficient (Wildman–Crippen LogP) is 2.56. The average Bonchev–Trinajstić information content (AvgIpc) is 2.08. The van der Waals surface area contributed by atoms with Crippen LogP contribution in [0.15, 0.2) is 37.2 Å². The fourth-order valence-corrected chi connectivity index (χ4v) is 0.219. The van der Waals surface area contributed by atoms with E-state index in [2.05, 4.69) is 9.47 Å². The molecule has 0 spiro atoms. The van der Waals surface area contributed by atoms with Gasteiger partial charge in [-0.25, -0.2) is 0 Å². The smallest absolute Gasteiger partial charge is 0.125 e. The summed E-state index contributed by atoms with van der Waals surface area (Å²) in [6, 6.07) is 0. The first-order chi connectivity index (χ1) is 4.91. The summed E-state index contributed by atoms with van der Waals surface area (Å²) < 4.78 is 9.17. The van der Waals surface area contributed by atoms with E-state index in [1.54, 1.807) is 0 Å². The maximum atomic E-state index is 4.58. The van der Waals surface area contributed by atoms with Gasteiger partial charge in [0.25, 0.3) is 0 Å². The van der Waals surface area contributed by atoms with Gasteiger partial charge in [0.1, 0.15) is 25.0 Å². The highest BCUT2D eigenvalue weighted by atomic mass is 16.5. The van der Waals surface area contributed by atoms with Crippen molar-refractivity contribution in [3.63, 3.8) is 0 Å². The molecule has 1 aliphatic rings. The van der Waals surface area contributed by atoms with Gasteiger partial charge in [-0.3, -0.25) is 0 Å². The SMILES string of the molecule is C1=COC=CO1.CC=CC. The summed E-state index contributed by atoms with van der Waals surface area (Å²) in [4.78, 5) is 0. The lowest BCUT2D eigenvalue weighted by Gasteiger charge is -1.94. The normalized spacial score (nSPS) is 13.4. The molecule has 0 aliphatic carbocycles. The third-order valence-corrected chi connectivity index (χ3v) is 0.759. The first-order valence-electron chi connectivity index (χ1n) is 3.10. The molecule has 1 rings (SSSR count). The Balaban J connectivity index is 0.000000180. The molecule has 0 atom stereocenters. The zero-order valence-electron chi connectivity index (χ0n) is 6.28. The Morgan fingerprint density at radius 3 is 1.20 bits per heavy atom. The minimum Gasteiger partial charge on any atom is -0.466 e. The van der Waals surface area contributed by atoms with Crippen molar-refractivity contribution in [2.45, 2.75) is 13.8 Å². The van der Waals surface area contributed by atoms with Crippen LogP contribution in [0.5, 0.6) is 0 Å². The summed E-state index contributed by atoms with van der Waals surface area (Å²) in [5.41, 5.74) is 0. The maximum Gasteiger partial charge on any atom is 0.125 e. The average molecular weight is 140 g/mol. The molecule has 0 aromatic rings. The van der Waals surface area contributed by atoms with E-state index in [0.717, 1.165) is 0 Å². The van der Waals surface area contributed by atoms with Crippen molar-refractivity contribution in [1.82, 2.24) is 0 Å². The summed E-state index contributed by atoms with van der Waals surface area (Å²) in [7, 11) is 0. The molecule has 10 heavy (non-hydrogen) atoms. The van der Waals surface area contributed by atoms with Gasteiger partial charge in [-0.05, 0) is 13.8 Å². The van der Waals surface area contributed by atoms with Crippen LogP contribution in [-0.4, -0.2) is 0 Å². The zero-order valence-corrected chi connectivity index (χ0v) is 6.28. The third kappa shape index (κ3) is 6.82. The molecule has 0 unspecified atom stereocenters. The van der Waals surface area contributed by atoms with Crippen LogP contribution in [0.2, 0.25) is 0 Å². The highest BCUT2D eigenvalue weighted by Crippen LogP contribution is 1.89. The molecule has 0 N–H and O–H groups in total. The second-order valence-corrected chi connectivity index (χ2v) is 1.48. The molecule has 2 heteroatoms. The van der Waals surface area contributed by atoms with Gasteiger partial charge >= 0.3 is 0 Å². The molecule has 0 saturated carbocycles. The molecule has 0 amide bonds. The van der Waals surface area contributed by atoms with E-state index >= 15 is 0 Å². The Morgan fingerprint density at radius 2 is 1.10 bits per heavy atom. The maximum absolute atomic E-state index is 4.58. The predicted molar refractivity (Wildman–Crippen MR) is 40.9 cm³/mol. The van der Waals surface area contributed by atoms with Gasteiger partial charge in [-0.2, -0.15) is 0 Å². The van der Waals surface area contributed by atoms with E-state index < -0.39 is 0 Å². The van der Waals surface area contributed by atoms with Crippen LogP contribution in [-0.2, 0) is 9.47 Å². The number of allylic oxidation sites excluding steroid dienone is 2. The van der Waals surface area contributed by atoms with Crippen LogP contribution in [0.3, 0.4) is 0 Å². The third-order valence-electron chi connectivity index (χ3n) is 0.759. The Labute approximate surface area is 61.5 Å². The van der Waals surface area contributed by atoms with Crippen LogP contribution >= 0.6 is 0 Å². The summed E-state index contributed by atoms with van der Waals surface area (Å²) in [5.74, 6) is 0. The van der Waals surface area contributed by atoms with Crippen LogP contribution in [0.4, 0.5) is 0 Å². The number of ether oxygens (including phenoxy) is 2. The number of hydrogen-bond donors (Lipinski definition) is 0. The number of rotatable bonds is 0. The molecule has 56 valence electrons. The lowest BCUT2D eigenvalue weighted by molar-refractivity contribution is 0.290. The topological polar surface area (TPSA) is 18.5 Å². The summed E-state index contributed by atoms with van der Waals surface area (Å²) >= 11 is 0. The van der Waals surface area contributed by atoms with Gasteiger partial charge in [0, 0.05) is 0 Å². The molecule has 0 aromatic heterocycles. The van der Waals surface area contributed by atoms with Crippen LogP contribution in [0.25, 0.3) is 0 Å². The van der Waals surface area contributed by atoms with Crippen LogP contribution in [0, 0.1) is 0 Å². The van der Waals surface area contributed by atoms with Gasteiger partial charge in [0.05, 0.1) is 0 Å². The van der Waals surface area contributed by atoms with E-state index in [-0.39, 0.29) is 0 Å². The van der Waals surface area contributed by atoms with Gasteiger partial charge < -0.3 is 9.47 Å². The Hall–Kier alpha value is -1.18. The minimum absolute atomic E-state index is 1.46. The molecule has 0 bridgehead atoms. The fourth-order valence-electron chi connectivity index (χ4n) is 0.219. The van der Waals surface area contributed by atoms with E-state index in [1.165, 1.54) is 25.0 Å². The largest absolute Gasteiger partial charge is 0.466 e. The molecule has 0 fully saturated rings. The summed E-state index contributed by atoms with van der Waals surface area (Å²) in [5, 5.41) is 0. The van der Waals surface area contributed by atoms with E-state index in [9.17, 15) is 0 Å². The van der Waals surface area contributed by atoms with Crippen molar-refractivity contribution < 1.29 is 9.47 Å². The second-order valence-electron chi connectivity index (χ2n) is 1.48. The van der Waals surface area contributed by atoms with Crippen molar-refractivity contribution in [2.24, 2.45) is 0 Å². The fraction of sp³-hybridized carbons (Fsp3) is 0.250. The van der Waals surface area contributed by atoms with Crippen molar-refractivity contribution in [2.75, 3.05) is 0 Å². The summed E-state index contributed by atoms with van der Waals surface area (Å²) in [6.45, 7) is 4.00. The van der Waals surface area contributed by atoms with Crippen molar-refractivity contribution in [1.29, 1.82) is 0 Å². The molecule has 1 heterocycles. The lowest BCUT2D eigenvalue weighted by Crippen LogP contribution is -1.74. The molecule has 0 saturated heterocycles. The molecular weight excluding hydrogens is 128 g/mol. The van der Waals surface area contributed by atoms with E-state index in [0.29, 0.717) is 0 Å². The molecule has 2 nitrogen and oxygen atoms in total. The molecular formula is C8H12O2. The van der Waals surface area contributed by atoms with Gasteiger partial charge in [-0.1, -0.05) is 12.2 Å². The highest BCUT2D eigenvalue weighted by Gasteiger charge is 1.74. The van der Waals surface area contributed by atoms with Crippen molar-refractivity contribution >= 4 is 0 Å². The Bertz CT molecular complexity index is 110. The molecule has 0 radical (unpaired) electrons. The highest BCUT2D eigenvalue weighted by molar-refractivity contribution is 4.77. The first-order valence-corrected chi connectivity index (χ1v) is 3.10. The standard InChI is InChI=1S/C4H4O2.C4H8/c1-2-6-4-3-5-1;1-3-4-2/h1-4H;3-4H,1-2H3. The summed E-state index contributed by atoms with van der Waals surface area (Å²) in [6.07, 6.45) is 9.83. The quantitative estimate of drug-likeness (QED) is 0.481. The molecule has 0 aromatic carbocycles. The van der Waals surface area contributed by atoms with Crippen LogP contribution in [0.1, 0.15) is 13.8 Å².